The first kappa shape index (κ1) is 16.7. The number of carboxylic acid groups (broad SMARTS) is 1. The first-order valence-corrected chi connectivity index (χ1v) is 7.40. The molecule has 0 heterocycles. The first-order chi connectivity index (χ1) is 10.9. The Balaban J connectivity index is 2.06. The highest BCUT2D eigenvalue weighted by molar-refractivity contribution is 5.97. The molecule has 2 atom stereocenters. The van der Waals surface area contributed by atoms with Crippen molar-refractivity contribution in [2.24, 2.45) is 11.8 Å². The summed E-state index contributed by atoms with van der Waals surface area (Å²) in [6.07, 6.45) is 4.41. The number of hydrogen-bond donors (Lipinski definition) is 2. The van der Waals surface area contributed by atoms with E-state index in [1.165, 1.54) is 4.90 Å². The van der Waals surface area contributed by atoms with Gasteiger partial charge in [-0.25, -0.2) is 0 Å². The minimum absolute atomic E-state index is 0.119. The highest BCUT2D eigenvalue weighted by Crippen LogP contribution is 2.27. The molecule has 0 unspecified atom stereocenters. The fraction of sp³-hybridized carbons (Fsp3) is 0.353. The molecule has 6 nitrogen and oxygen atoms in total. The molecule has 122 valence electrons. The van der Waals surface area contributed by atoms with E-state index in [-0.39, 0.29) is 11.8 Å². The quantitative estimate of drug-likeness (QED) is 0.832. The van der Waals surface area contributed by atoms with Gasteiger partial charge in [-0.1, -0.05) is 12.2 Å². The predicted molar refractivity (Wildman–Crippen MR) is 86.1 cm³/mol. The maximum atomic E-state index is 12.3. The SMILES string of the molecule is CN(C)C(=O)c1ccc(NC(=O)[C@@H]2CC=CC[C@@H]2C(=O)O)cc1. The largest absolute Gasteiger partial charge is 0.481 e. The third kappa shape index (κ3) is 3.97. The van der Waals surface area contributed by atoms with Gasteiger partial charge < -0.3 is 15.3 Å². The highest BCUT2D eigenvalue weighted by Gasteiger charge is 2.33. The van der Waals surface area contributed by atoms with E-state index in [2.05, 4.69) is 5.32 Å². The number of nitrogens with zero attached hydrogens (tertiary/aromatic N) is 1. The van der Waals surface area contributed by atoms with Crippen molar-refractivity contribution in [1.29, 1.82) is 0 Å². The molecule has 0 aliphatic heterocycles. The van der Waals surface area contributed by atoms with Gasteiger partial charge in [0.15, 0.2) is 0 Å². The summed E-state index contributed by atoms with van der Waals surface area (Å²) >= 11 is 0. The van der Waals surface area contributed by atoms with Crippen molar-refractivity contribution in [3.8, 4) is 0 Å². The monoisotopic (exact) mass is 316 g/mol. The molecule has 23 heavy (non-hydrogen) atoms. The molecule has 1 aromatic rings. The fourth-order valence-electron chi connectivity index (χ4n) is 2.57. The Morgan fingerprint density at radius 1 is 1.04 bits per heavy atom. The first-order valence-electron chi connectivity index (χ1n) is 7.40. The summed E-state index contributed by atoms with van der Waals surface area (Å²) in [7, 11) is 3.33. The van der Waals surface area contributed by atoms with Crippen LogP contribution in [0.3, 0.4) is 0 Å². The molecule has 0 radical (unpaired) electrons. The zero-order valence-corrected chi connectivity index (χ0v) is 13.2. The van der Waals surface area contributed by atoms with E-state index in [1.54, 1.807) is 44.4 Å². The summed E-state index contributed by atoms with van der Waals surface area (Å²) in [6.45, 7) is 0. The van der Waals surface area contributed by atoms with Gasteiger partial charge in [-0.05, 0) is 37.1 Å². The van der Waals surface area contributed by atoms with E-state index >= 15 is 0 Å². The smallest absolute Gasteiger partial charge is 0.307 e. The van der Waals surface area contributed by atoms with Gasteiger partial charge in [0.25, 0.3) is 5.91 Å². The van der Waals surface area contributed by atoms with Crippen molar-refractivity contribution in [2.75, 3.05) is 19.4 Å². The van der Waals surface area contributed by atoms with Crippen LogP contribution in [0.2, 0.25) is 0 Å². The molecule has 2 amide bonds. The lowest BCUT2D eigenvalue weighted by atomic mass is 9.82. The number of rotatable bonds is 4. The fourth-order valence-corrected chi connectivity index (χ4v) is 2.57. The second kappa shape index (κ2) is 7.09. The maximum absolute atomic E-state index is 12.3. The van der Waals surface area contributed by atoms with Crippen LogP contribution in [0.5, 0.6) is 0 Å². The van der Waals surface area contributed by atoms with Gasteiger partial charge in [0.1, 0.15) is 0 Å². The molecule has 0 saturated heterocycles. The van der Waals surface area contributed by atoms with Crippen LogP contribution in [0, 0.1) is 11.8 Å². The summed E-state index contributed by atoms with van der Waals surface area (Å²) in [6, 6.07) is 6.55. The number of carbonyl (C=O) groups excluding carboxylic acids is 2. The van der Waals surface area contributed by atoms with Gasteiger partial charge in [-0.15, -0.1) is 0 Å². The van der Waals surface area contributed by atoms with Crippen LogP contribution in [-0.2, 0) is 9.59 Å². The van der Waals surface area contributed by atoms with Crippen molar-refractivity contribution in [1.82, 2.24) is 4.90 Å². The van der Waals surface area contributed by atoms with E-state index in [1.807, 2.05) is 6.08 Å². The molecule has 1 aliphatic rings. The molecule has 1 aromatic carbocycles. The van der Waals surface area contributed by atoms with Crippen LogP contribution in [0.25, 0.3) is 0 Å². The Bertz CT molecular complexity index is 634. The second-order valence-corrected chi connectivity index (χ2v) is 5.76. The lowest BCUT2D eigenvalue weighted by Gasteiger charge is -2.24. The number of amides is 2. The van der Waals surface area contributed by atoms with Crippen LogP contribution < -0.4 is 5.32 Å². The normalized spacial score (nSPS) is 19.9. The van der Waals surface area contributed by atoms with Crippen molar-refractivity contribution in [2.45, 2.75) is 12.8 Å². The number of benzene rings is 1. The number of nitrogens with one attached hydrogen (secondary N) is 1. The minimum atomic E-state index is -0.957. The molecule has 0 aromatic heterocycles. The Morgan fingerprint density at radius 2 is 1.61 bits per heavy atom. The Labute approximate surface area is 134 Å². The van der Waals surface area contributed by atoms with E-state index < -0.39 is 17.8 Å². The maximum Gasteiger partial charge on any atom is 0.307 e. The number of allylic oxidation sites excluding steroid dienone is 2. The number of aliphatic carboxylic acids is 1. The average molecular weight is 316 g/mol. The van der Waals surface area contributed by atoms with Gasteiger partial charge in [-0.2, -0.15) is 0 Å². The third-order valence-electron chi connectivity index (χ3n) is 3.89. The van der Waals surface area contributed by atoms with Gasteiger partial charge in [0.2, 0.25) is 5.91 Å². The summed E-state index contributed by atoms with van der Waals surface area (Å²) in [5.41, 5.74) is 1.07. The summed E-state index contributed by atoms with van der Waals surface area (Å²) in [5, 5.41) is 11.9. The van der Waals surface area contributed by atoms with Crippen molar-refractivity contribution in [3.05, 3.63) is 42.0 Å². The molecule has 2 rings (SSSR count). The molecule has 1 aliphatic carbocycles. The van der Waals surface area contributed by atoms with Crippen molar-refractivity contribution in [3.63, 3.8) is 0 Å². The van der Waals surface area contributed by atoms with Crippen LogP contribution in [0.1, 0.15) is 23.2 Å². The van der Waals surface area contributed by atoms with Gasteiger partial charge in [0.05, 0.1) is 11.8 Å². The molecule has 2 N–H and O–H groups in total. The number of carbonyl (C=O) groups is 3. The van der Waals surface area contributed by atoms with E-state index in [0.29, 0.717) is 24.1 Å². The van der Waals surface area contributed by atoms with Crippen LogP contribution in [0.4, 0.5) is 5.69 Å². The third-order valence-corrected chi connectivity index (χ3v) is 3.89. The summed E-state index contributed by atoms with van der Waals surface area (Å²) in [4.78, 5) is 36.9. The average Bonchev–Trinajstić information content (AvgIpc) is 2.54. The Hall–Kier alpha value is -2.63. The van der Waals surface area contributed by atoms with E-state index in [9.17, 15) is 19.5 Å². The molecule has 0 spiro atoms. The topological polar surface area (TPSA) is 86.7 Å². The minimum Gasteiger partial charge on any atom is -0.481 e. The molecule has 6 heteroatoms. The van der Waals surface area contributed by atoms with Crippen LogP contribution >= 0.6 is 0 Å². The lowest BCUT2D eigenvalue weighted by Crippen LogP contribution is -2.34. The molecule has 0 bridgehead atoms. The zero-order valence-electron chi connectivity index (χ0n) is 13.2. The van der Waals surface area contributed by atoms with Gasteiger partial charge in [0, 0.05) is 25.3 Å². The van der Waals surface area contributed by atoms with Gasteiger partial charge in [-0.3, -0.25) is 14.4 Å². The standard InChI is InChI=1S/C17H20N2O4/c1-19(2)16(21)11-7-9-12(10-8-11)18-15(20)13-5-3-4-6-14(13)17(22)23/h3-4,7-10,13-14H,5-6H2,1-2H3,(H,18,20)(H,22,23)/t13-,14+/m1/s1. The van der Waals surface area contributed by atoms with Crippen LogP contribution in [-0.4, -0.2) is 41.9 Å². The zero-order chi connectivity index (χ0) is 17.0. The van der Waals surface area contributed by atoms with E-state index in [0.717, 1.165) is 0 Å². The lowest BCUT2D eigenvalue weighted by molar-refractivity contribution is -0.146. The molecular weight excluding hydrogens is 296 g/mol. The van der Waals surface area contributed by atoms with Crippen molar-refractivity contribution < 1.29 is 19.5 Å². The Kier molecular flexibility index (Phi) is 5.16. The summed E-state index contributed by atoms with van der Waals surface area (Å²) < 4.78 is 0. The van der Waals surface area contributed by atoms with Crippen LogP contribution in [0.15, 0.2) is 36.4 Å². The van der Waals surface area contributed by atoms with Crippen molar-refractivity contribution >= 4 is 23.5 Å². The predicted octanol–water partition coefficient (Wildman–Crippen LogP) is 1.99. The molecule has 0 fully saturated rings. The molecule has 0 saturated carbocycles. The number of hydrogen-bond acceptors (Lipinski definition) is 3. The number of carboxylic acids is 1. The Morgan fingerprint density at radius 3 is 2.13 bits per heavy atom. The van der Waals surface area contributed by atoms with E-state index in [4.69, 9.17) is 0 Å². The number of anilines is 1. The molecular formula is C17H20N2O4. The summed E-state index contributed by atoms with van der Waals surface area (Å²) in [5.74, 6) is -2.67. The second-order valence-electron chi connectivity index (χ2n) is 5.76. The van der Waals surface area contributed by atoms with Gasteiger partial charge >= 0.3 is 5.97 Å². The highest BCUT2D eigenvalue weighted by atomic mass is 16.4.